The number of para-hydroxylation sites is 1. The van der Waals surface area contributed by atoms with Gasteiger partial charge in [0.05, 0.1) is 12.2 Å². The Balaban J connectivity index is 1.78. The molecule has 2 heterocycles. The van der Waals surface area contributed by atoms with E-state index in [2.05, 4.69) is 20.3 Å². The average Bonchev–Trinajstić information content (AvgIpc) is 2.95. The molecule has 3 rings (SSSR count). The lowest BCUT2D eigenvalue weighted by Crippen LogP contribution is -2.07. The molecule has 0 fully saturated rings. The van der Waals surface area contributed by atoms with Gasteiger partial charge in [0.1, 0.15) is 5.82 Å². The maximum atomic E-state index is 4.36. The molecule has 0 unspecified atom stereocenters. The zero-order valence-electron chi connectivity index (χ0n) is 11.2. The molecule has 2 aromatic heterocycles. The second kappa shape index (κ2) is 5.52. The number of aromatic nitrogens is 4. The summed E-state index contributed by atoms with van der Waals surface area (Å²) in [5.41, 5.74) is 2.02. The summed E-state index contributed by atoms with van der Waals surface area (Å²) in [6, 6.07) is 12.0. The van der Waals surface area contributed by atoms with Crippen molar-refractivity contribution in [1.82, 2.24) is 19.5 Å². The highest BCUT2D eigenvalue weighted by molar-refractivity contribution is 5.41. The molecule has 1 aromatic carbocycles. The highest BCUT2D eigenvalue weighted by Crippen LogP contribution is 2.14. The van der Waals surface area contributed by atoms with Crippen molar-refractivity contribution >= 4 is 5.95 Å². The van der Waals surface area contributed by atoms with E-state index in [9.17, 15) is 0 Å². The minimum atomic E-state index is 0.618. The van der Waals surface area contributed by atoms with E-state index in [0.29, 0.717) is 6.54 Å². The molecule has 100 valence electrons. The maximum Gasteiger partial charge on any atom is 0.207 e. The molecule has 0 aliphatic rings. The Morgan fingerprint density at radius 2 is 1.90 bits per heavy atom. The topological polar surface area (TPSA) is 55.6 Å². The summed E-state index contributed by atoms with van der Waals surface area (Å²) >= 11 is 0. The first-order valence-electron chi connectivity index (χ1n) is 6.44. The van der Waals surface area contributed by atoms with Crippen molar-refractivity contribution in [1.29, 1.82) is 0 Å². The second-order valence-corrected chi connectivity index (χ2v) is 4.41. The molecule has 0 amide bonds. The summed E-state index contributed by atoms with van der Waals surface area (Å²) in [5, 5.41) is 3.30. The van der Waals surface area contributed by atoms with Crippen LogP contribution in [0.2, 0.25) is 0 Å². The Bertz CT molecular complexity index is 690. The highest BCUT2D eigenvalue weighted by Gasteiger charge is 2.04. The van der Waals surface area contributed by atoms with Crippen molar-refractivity contribution in [3.63, 3.8) is 0 Å². The lowest BCUT2D eigenvalue weighted by Gasteiger charge is -2.09. The molecule has 0 aliphatic carbocycles. The summed E-state index contributed by atoms with van der Waals surface area (Å²) in [4.78, 5) is 12.8. The summed E-state index contributed by atoms with van der Waals surface area (Å²) in [6.45, 7) is 2.50. The molecule has 5 heteroatoms. The van der Waals surface area contributed by atoms with Gasteiger partial charge in [-0.25, -0.2) is 15.0 Å². The van der Waals surface area contributed by atoms with Crippen molar-refractivity contribution in [2.24, 2.45) is 0 Å². The third kappa shape index (κ3) is 2.66. The number of nitrogens with zero attached hydrogens (tertiary/aromatic N) is 4. The maximum absolute atomic E-state index is 4.36. The van der Waals surface area contributed by atoms with Crippen molar-refractivity contribution < 1.29 is 0 Å². The normalized spacial score (nSPS) is 10.4. The number of benzene rings is 1. The first kappa shape index (κ1) is 12.3. The Morgan fingerprint density at radius 1 is 1.05 bits per heavy atom. The van der Waals surface area contributed by atoms with Gasteiger partial charge in [0.25, 0.3) is 0 Å². The van der Waals surface area contributed by atoms with Crippen LogP contribution >= 0.6 is 0 Å². The first-order chi connectivity index (χ1) is 9.83. The van der Waals surface area contributed by atoms with Gasteiger partial charge in [-0.15, -0.1) is 0 Å². The quantitative estimate of drug-likeness (QED) is 0.787. The number of imidazole rings is 1. The number of anilines is 1. The predicted molar refractivity (Wildman–Crippen MR) is 77.7 cm³/mol. The van der Waals surface area contributed by atoms with Crippen LogP contribution in [0.3, 0.4) is 0 Å². The largest absolute Gasteiger partial charge is 0.350 e. The molecule has 1 N–H and O–H groups in total. The fraction of sp³-hybridized carbons (Fsp3) is 0.133. The lowest BCUT2D eigenvalue weighted by atomic mass is 10.3. The van der Waals surface area contributed by atoms with Crippen molar-refractivity contribution in [3.8, 4) is 5.69 Å². The number of nitrogens with one attached hydrogen (secondary N) is 1. The van der Waals surface area contributed by atoms with Crippen LogP contribution in [0.15, 0.2) is 55.0 Å². The molecule has 5 nitrogen and oxygen atoms in total. The Kier molecular flexibility index (Phi) is 3.41. The van der Waals surface area contributed by atoms with Gasteiger partial charge in [-0.1, -0.05) is 18.2 Å². The van der Waals surface area contributed by atoms with Gasteiger partial charge in [-0.2, -0.15) is 0 Å². The van der Waals surface area contributed by atoms with Gasteiger partial charge in [0.15, 0.2) is 0 Å². The second-order valence-electron chi connectivity index (χ2n) is 4.41. The van der Waals surface area contributed by atoms with Crippen molar-refractivity contribution in [2.45, 2.75) is 13.5 Å². The Labute approximate surface area is 117 Å². The van der Waals surface area contributed by atoms with Crippen molar-refractivity contribution in [3.05, 3.63) is 66.5 Å². The summed E-state index contributed by atoms with van der Waals surface area (Å²) in [6.07, 6.45) is 5.48. The van der Waals surface area contributed by atoms with Crippen LogP contribution in [-0.4, -0.2) is 19.5 Å². The van der Waals surface area contributed by atoms with Crippen LogP contribution in [-0.2, 0) is 6.54 Å². The van der Waals surface area contributed by atoms with E-state index in [-0.39, 0.29) is 0 Å². The molecular weight excluding hydrogens is 250 g/mol. The lowest BCUT2D eigenvalue weighted by molar-refractivity contribution is 0.930. The third-order valence-electron chi connectivity index (χ3n) is 2.94. The van der Waals surface area contributed by atoms with E-state index in [4.69, 9.17) is 0 Å². The van der Waals surface area contributed by atoms with E-state index >= 15 is 0 Å². The van der Waals surface area contributed by atoms with Crippen LogP contribution in [0.1, 0.15) is 11.5 Å². The van der Waals surface area contributed by atoms with Gasteiger partial charge in [0, 0.05) is 24.3 Å². The van der Waals surface area contributed by atoms with Crippen molar-refractivity contribution in [2.75, 3.05) is 5.32 Å². The molecule has 0 atom stereocenters. The van der Waals surface area contributed by atoms with E-state index in [1.807, 2.05) is 54.1 Å². The molecule has 0 saturated carbocycles. The highest BCUT2D eigenvalue weighted by atomic mass is 15.2. The van der Waals surface area contributed by atoms with E-state index < -0.39 is 0 Å². The number of aryl methyl sites for hydroxylation is 1. The smallest absolute Gasteiger partial charge is 0.207 e. The predicted octanol–water partition coefficient (Wildman–Crippen LogP) is 2.58. The molecule has 3 aromatic rings. The third-order valence-corrected chi connectivity index (χ3v) is 2.94. The average molecular weight is 265 g/mol. The minimum absolute atomic E-state index is 0.618. The molecule has 0 spiro atoms. The number of rotatable bonds is 4. The standard InChI is InChI=1S/C15H15N5/c1-12-16-8-7-13(19-12)11-18-15-17-9-10-20(15)14-5-3-2-4-6-14/h2-10H,11H2,1H3,(H,17,18). The molecule has 20 heavy (non-hydrogen) atoms. The fourth-order valence-electron chi connectivity index (χ4n) is 2.00. The fourth-order valence-corrected chi connectivity index (χ4v) is 2.00. The zero-order valence-corrected chi connectivity index (χ0v) is 11.2. The van der Waals surface area contributed by atoms with Crippen LogP contribution < -0.4 is 5.32 Å². The number of hydrogen-bond donors (Lipinski definition) is 1. The molecule has 0 saturated heterocycles. The van der Waals surface area contributed by atoms with Gasteiger partial charge in [-0.05, 0) is 25.1 Å². The van der Waals surface area contributed by atoms with E-state index in [1.54, 1.807) is 12.4 Å². The molecule has 0 bridgehead atoms. The van der Waals surface area contributed by atoms with Crippen LogP contribution in [0.25, 0.3) is 5.69 Å². The minimum Gasteiger partial charge on any atom is -0.350 e. The summed E-state index contributed by atoms with van der Waals surface area (Å²) < 4.78 is 2.01. The zero-order chi connectivity index (χ0) is 13.8. The van der Waals surface area contributed by atoms with Crippen LogP contribution in [0.4, 0.5) is 5.95 Å². The molecule has 0 radical (unpaired) electrons. The Hall–Kier alpha value is -2.69. The van der Waals surface area contributed by atoms with Crippen LogP contribution in [0, 0.1) is 6.92 Å². The van der Waals surface area contributed by atoms with E-state index in [1.165, 1.54) is 0 Å². The van der Waals surface area contributed by atoms with Gasteiger partial charge in [-0.3, -0.25) is 4.57 Å². The number of hydrogen-bond acceptors (Lipinski definition) is 4. The van der Waals surface area contributed by atoms with Gasteiger partial charge < -0.3 is 5.32 Å². The monoisotopic (exact) mass is 265 g/mol. The van der Waals surface area contributed by atoms with Gasteiger partial charge >= 0.3 is 0 Å². The van der Waals surface area contributed by atoms with Crippen LogP contribution in [0.5, 0.6) is 0 Å². The first-order valence-corrected chi connectivity index (χ1v) is 6.44. The molecular formula is C15H15N5. The van der Waals surface area contributed by atoms with Gasteiger partial charge in [0.2, 0.25) is 5.95 Å². The molecule has 0 aliphatic heterocycles. The SMILES string of the molecule is Cc1nccc(CNc2nccn2-c2ccccc2)n1. The Morgan fingerprint density at radius 3 is 2.70 bits per heavy atom. The summed E-state index contributed by atoms with van der Waals surface area (Å²) in [7, 11) is 0. The summed E-state index contributed by atoms with van der Waals surface area (Å²) in [5.74, 6) is 1.57. The van der Waals surface area contributed by atoms with E-state index in [0.717, 1.165) is 23.2 Å².